The molecule has 0 aliphatic heterocycles. The average Bonchev–Trinajstić information content (AvgIpc) is 2.30. The monoisotopic (exact) mass is 226 g/mol. The van der Waals surface area contributed by atoms with Gasteiger partial charge in [-0.05, 0) is 12.1 Å². The van der Waals surface area contributed by atoms with Gasteiger partial charge in [-0.1, -0.05) is 11.6 Å². The van der Waals surface area contributed by atoms with E-state index in [9.17, 15) is 8.42 Å². The minimum atomic E-state index is -3.35. The van der Waals surface area contributed by atoms with E-state index in [4.69, 9.17) is 11.6 Å². The summed E-state index contributed by atoms with van der Waals surface area (Å²) in [5, 5.41) is 0. The van der Waals surface area contributed by atoms with Gasteiger partial charge in [0.2, 0.25) is 0 Å². The lowest BCUT2D eigenvalue weighted by Gasteiger charge is -1.96. The Hall–Kier alpha value is -0.100. The summed E-state index contributed by atoms with van der Waals surface area (Å²) in [6.07, 6.45) is 1.02. The highest BCUT2D eigenvalue weighted by molar-refractivity contribution is 7.85. The first-order valence-electron chi connectivity index (χ1n) is 3.06. The molecule has 1 heterocycles. The van der Waals surface area contributed by atoms with Crippen LogP contribution in [-0.2, 0) is 20.9 Å². The first-order chi connectivity index (χ1) is 5.47. The molecule has 0 atom stereocenters. The smallest absolute Gasteiger partial charge is 0.264 e. The summed E-state index contributed by atoms with van der Waals surface area (Å²) in [4.78, 5) is 0.797. The van der Waals surface area contributed by atoms with Crippen molar-refractivity contribution in [2.75, 3.05) is 6.26 Å². The topological polar surface area (TPSA) is 43.4 Å². The second-order valence-electron chi connectivity index (χ2n) is 2.17. The van der Waals surface area contributed by atoms with E-state index in [1.54, 1.807) is 12.1 Å². The van der Waals surface area contributed by atoms with Gasteiger partial charge in [0.1, 0.15) is 6.61 Å². The molecule has 1 aromatic rings. The van der Waals surface area contributed by atoms with Crippen molar-refractivity contribution in [2.24, 2.45) is 0 Å². The molecule has 0 amide bonds. The molecule has 12 heavy (non-hydrogen) atoms. The van der Waals surface area contributed by atoms with Crippen LogP contribution in [0.4, 0.5) is 0 Å². The lowest BCUT2D eigenvalue weighted by Crippen LogP contribution is -2.01. The summed E-state index contributed by atoms with van der Waals surface area (Å²) >= 11 is 6.93. The zero-order valence-electron chi connectivity index (χ0n) is 6.28. The van der Waals surface area contributed by atoms with Crippen LogP contribution in [0.2, 0.25) is 4.34 Å². The fourth-order valence-electron chi connectivity index (χ4n) is 0.594. The highest BCUT2D eigenvalue weighted by Crippen LogP contribution is 2.22. The summed E-state index contributed by atoms with van der Waals surface area (Å²) in [6, 6.07) is 3.44. The summed E-state index contributed by atoms with van der Waals surface area (Å²) in [5.41, 5.74) is 0. The lowest BCUT2D eigenvalue weighted by molar-refractivity contribution is 0.315. The third-order valence-corrected chi connectivity index (χ3v) is 2.79. The second-order valence-corrected chi connectivity index (χ2v) is 5.62. The van der Waals surface area contributed by atoms with Gasteiger partial charge in [-0.3, -0.25) is 4.18 Å². The van der Waals surface area contributed by atoms with Gasteiger partial charge in [0.15, 0.2) is 0 Å². The minimum absolute atomic E-state index is 0.0657. The molecule has 0 aliphatic rings. The molecule has 0 radical (unpaired) electrons. The molecule has 6 heteroatoms. The van der Waals surface area contributed by atoms with Crippen LogP contribution in [0, 0.1) is 0 Å². The molecule has 0 spiro atoms. The third-order valence-electron chi connectivity index (χ3n) is 1.04. The largest absolute Gasteiger partial charge is 0.265 e. The van der Waals surface area contributed by atoms with Crippen molar-refractivity contribution in [3.63, 3.8) is 0 Å². The molecule has 0 saturated carbocycles. The van der Waals surface area contributed by atoms with E-state index in [1.165, 1.54) is 11.3 Å². The highest BCUT2D eigenvalue weighted by atomic mass is 35.5. The van der Waals surface area contributed by atoms with E-state index in [0.717, 1.165) is 11.1 Å². The standard InChI is InChI=1S/C6H7ClO3S2/c1-12(8,9)10-4-5-2-3-6(7)11-5/h2-3H,4H2,1H3. The van der Waals surface area contributed by atoms with Crippen LogP contribution in [0.15, 0.2) is 12.1 Å². The molecule has 1 rings (SSSR count). The Morgan fingerprint density at radius 3 is 2.67 bits per heavy atom. The lowest BCUT2D eigenvalue weighted by atomic mass is 10.5. The van der Waals surface area contributed by atoms with Crippen molar-refractivity contribution in [3.05, 3.63) is 21.3 Å². The highest BCUT2D eigenvalue weighted by Gasteiger charge is 2.03. The summed E-state index contributed by atoms with van der Waals surface area (Å²) in [6.45, 7) is 0.0657. The van der Waals surface area contributed by atoms with Crippen LogP contribution in [0.3, 0.4) is 0 Å². The van der Waals surface area contributed by atoms with Gasteiger partial charge in [0, 0.05) is 4.88 Å². The summed E-state index contributed by atoms with van der Waals surface area (Å²) in [5.74, 6) is 0. The van der Waals surface area contributed by atoms with Gasteiger partial charge in [-0.2, -0.15) is 8.42 Å². The quantitative estimate of drug-likeness (QED) is 0.740. The SMILES string of the molecule is CS(=O)(=O)OCc1ccc(Cl)s1. The average molecular weight is 227 g/mol. The number of thiophene rings is 1. The third kappa shape index (κ3) is 3.53. The van der Waals surface area contributed by atoms with E-state index in [-0.39, 0.29) is 6.61 Å². The van der Waals surface area contributed by atoms with Gasteiger partial charge in [-0.15, -0.1) is 11.3 Å². The number of halogens is 1. The molecule has 1 aromatic heterocycles. The van der Waals surface area contributed by atoms with Crippen molar-refractivity contribution in [1.29, 1.82) is 0 Å². The van der Waals surface area contributed by atoms with Crippen LogP contribution in [0.25, 0.3) is 0 Å². The maximum atomic E-state index is 10.6. The number of hydrogen-bond acceptors (Lipinski definition) is 4. The number of rotatable bonds is 3. The van der Waals surface area contributed by atoms with Gasteiger partial charge >= 0.3 is 0 Å². The molecule has 0 fully saturated rings. The Balaban J connectivity index is 2.55. The molecule has 3 nitrogen and oxygen atoms in total. The zero-order chi connectivity index (χ0) is 9.19. The van der Waals surface area contributed by atoms with Crippen LogP contribution in [0.5, 0.6) is 0 Å². The normalized spacial score (nSPS) is 11.8. The van der Waals surface area contributed by atoms with Crippen molar-refractivity contribution in [1.82, 2.24) is 0 Å². The van der Waals surface area contributed by atoms with Crippen LogP contribution in [-0.4, -0.2) is 14.7 Å². The Morgan fingerprint density at radius 1 is 1.58 bits per heavy atom. The second kappa shape index (κ2) is 3.74. The fraction of sp³-hybridized carbons (Fsp3) is 0.333. The van der Waals surface area contributed by atoms with Crippen LogP contribution >= 0.6 is 22.9 Å². The Morgan fingerprint density at radius 2 is 2.25 bits per heavy atom. The predicted molar refractivity (Wildman–Crippen MR) is 49.0 cm³/mol. The Kier molecular flexibility index (Phi) is 3.11. The molecule has 68 valence electrons. The van der Waals surface area contributed by atoms with Crippen LogP contribution in [0.1, 0.15) is 4.88 Å². The zero-order valence-corrected chi connectivity index (χ0v) is 8.67. The fourth-order valence-corrected chi connectivity index (χ4v) is 2.01. The first-order valence-corrected chi connectivity index (χ1v) is 6.07. The van der Waals surface area contributed by atoms with Gasteiger partial charge in [-0.25, -0.2) is 0 Å². The maximum Gasteiger partial charge on any atom is 0.264 e. The van der Waals surface area contributed by atoms with E-state index in [0.29, 0.717) is 4.34 Å². The van der Waals surface area contributed by atoms with Gasteiger partial charge in [0.05, 0.1) is 10.6 Å². The number of hydrogen-bond donors (Lipinski definition) is 0. The van der Waals surface area contributed by atoms with Crippen molar-refractivity contribution >= 4 is 33.1 Å². The van der Waals surface area contributed by atoms with Crippen LogP contribution < -0.4 is 0 Å². The minimum Gasteiger partial charge on any atom is -0.265 e. The van der Waals surface area contributed by atoms with E-state index in [2.05, 4.69) is 4.18 Å². The molecule has 0 unspecified atom stereocenters. The predicted octanol–water partition coefficient (Wildman–Crippen LogP) is 1.88. The van der Waals surface area contributed by atoms with E-state index in [1.807, 2.05) is 0 Å². The first kappa shape index (κ1) is 9.98. The molecular formula is C6H7ClO3S2. The summed E-state index contributed by atoms with van der Waals surface area (Å²) in [7, 11) is -3.35. The summed E-state index contributed by atoms with van der Waals surface area (Å²) < 4.78 is 26.3. The van der Waals surface area contributed by atoms with Gasteiger partial charge in [0.25, 0.3) is 10.1 Å². The maximum absolute atomic E-state index is 10.6. The van der Waals surface area contributed by atoms with Gasteiger partial charge < -0.3 is 0 Å². The molecule has 0 N–H and O–H groups in total. The molecule has 0 aliphatic carbocycles. The molecule has 0 saturated heterocycles. The van der Waals surface area contributed by atoms with Crippen molar-refractivity contribution in [3.8, 4) is 0 Å². The molecule has 0 aromatic carbocycles. The van der Waals surface area contributed by atoms with E-state index >= 15 is 0 Å². The van der Waals surface area contributed by atoms with Crippen molar-refractivity contribution < 1.29 is 12.6 Å². The molecular weight excluding hydrogens is 220 g/mol. The Labute approximate surface area is 80.1 Å². The van der Waals surface area contributed by atoms with E-state index < -0.39 is 10.1 Å². The Bertz CT molecular complexity index is 355. The molecule has 0 bridgehead atoms. The van der Waals surface area contributed by atoms with Crippen molar-refractivity contribution in [2.45, 2.75) is 6.61 Å².